The van der Waals surface area contributed by atoms with Gasteiger partial charge in [0.15, 0.2) is 11.3 Å². The highest BCUT2D eigenvalue weighted by molar-refractivity contribution is 5.92. The lowest BCUT2D eigenvalue weighted by Gasteiger charge is -2.04. The molecule has 0 aromatic carbocycles. The molecule has 10 nitrogen and oxygen atoms in total. The third-order valence-electron chi connectivity index (χ3n) is 3.75. The standard InChI is InChI=1S/C16H18FN7O3/c1-10-15(23-27-22-10)16(26)19-8-12-9-24-13(21-12)5-11(7-20-24)6-18-14(25)3-2-4-17/h5,7,9H,2-4,6,8H2,1H3,(H,18,25)(H,19,26). The van der Waals surface area contributed by atoms with Crippen molar-refractivity contribution in [2.75, 3.05) is 6.67 Å². The fourth-order valence-electron chi connectivity index (χ4n) is 2.36. The normalized spacial score (nSPS) is 10.9. The van der Waals surface area contributed by atoms with Crippen LogP contribution >= 0.6 is 0 Å². The summed E-state index contributed by atoms with van der Waals surface area (Å²) in [7, 11) is 0. The lowest BCUT2D eigenvalue weighted by atomic mass is 10.3. The molecule has 0 unspecified atom stereocenters. The Balaban J connectivity index is 1.59. The number of carbonyl (C=O) groups excluding carboxylic acids is 2. The Morgan fingerprint density at radius 3 is 2.85 bits per heavy atom. The number of fused-ring (bicyclic) bond motifs is 1. The van der Waals surface area contributed by atoms with Crippen LogP contribution < -0.4 is 10.6 Å². The Kier molecular flexibility index (Phi) is 5.69. The van der Waals surface area contributed by atoms with Gasteiger partial charge in [-0.15, -0.1) is 0 Å². The van der Waals surface area contributed by atoms with E-state index in [0.29, 0.717) is 17.0 Å². The number of hydrogen-bond donors (Lipinski definition) is 2. The quantitative estimate of drug-likeness (QED) is 0.594. The van der Waals surface area contributed by atoms with Crippen molar-refractivity contribution >= 4 is 17.5 Å². The van der Waals surface area contributed by atoms with Crippen molar-refractivity contribution in [3.8, 4) is 0 Å². The fraction of sp³-hybridized carbons (Fsp3) is 0.375. The Morgan fingerprint density at radius 1 is 1.26 bits per heavy atom. The van der Waals surface area contributed by atoms with Crippen molar-refractivity contribution in [3.63, 3.8) is 0 Å². The van der Waals surface area contributed by atoms with Gasteiger partial charge >= 0.3 is 0 Å². The Morgan fingerprint density at radius 2 is 2.11 bits per heavy atom. The number of aromatic nitrogens is 5. The molecule has 0 aliphatic carbocycles. The first-order valence-corrected chi connectivity index (χ1v) is 8.30. The van der Waals surface area contributed by atoms with E-state index < -0.39 is 12.6 Å². The number of nitrogens with zero attached hydrogens (tertiary/aromatic N) is 5. The maximum atomic E-state index is 12.1. The highest BCUT2D eigenvalue weighted by Crippen LogP contribution is 2.07. The molecule has 3 rings (SSSR count). The zero-order chi connectivity index (χ0) is 19.2. The minimum Gasteiger partial charge on any atom is -0.352 e. The third kappa shape index (κ3) is 4.63. The molecule has 11 heteroatoms. The molecular formula is C16H18FN7O3. The number of halogens is 1. The molecule has 0 bridgehead atoms. The molecule has 142 valence electrons. The second-order valence-corrected chi connectivity index (χ2v) is 5.85. The molecule has 27 heavy (non-hydrogen) atoms. The van der Waals surface area contributed by atoms with Crippen molar-refractivity contribution in [2.24, 2.45) is 0 Å². The SMILES string of the molecule is Cc1nonc1C(=O)NCc1cn2ncc(CNC(=O)CCCF)cc2n1. The first kappa shape index (κ1) is 18.4. The molecule has 2 amide bonds. The number of imidazole rings is 1. The number of carbonyl (C=O) groups is 2. The van der Waals surface area contributed by atoms with Crippen LogP contribution in [0.1, 0.15) is 40.3 Å². The predicted molar refractivity (Wildman–Crippen MR) is 90.2 cm³/mol. The van der Waals surface area contributed by atoms with Crippen LogP contribution in [0.4, 0.5) is 4.39 Å². The van der Waals surface area contributed by atoms with Crippen LogP contribution in [0, 0.1) is 6.92 Å². The summed E-state index contributed by atoms with van der Waals surface area (Å²) in [6, 6.07) is 1.78. The van der Waals surface area contributed by atoms with Crippen LogP contribution in [0.2, 0.25) is 0 Å². The summed E-state index contributed by atoms with van der Waals surface area (Å²) < 4.78 is 18.1. The van der Waals surface area contributed by atoms with Gasteiger partial charge in [0.25, 0.3) is 5.91 Å². The van der Waals surface area contributed by atoms with E-state index in [1.165, 1.54) is 0 Å². The van der Waals surface area contributed by atoms with Crippen LogP contribution in [0.25, 0.3) is 5.65 Å². The van der Waals surface area contributed by atoms with Gasteiger partial charge in [0.1, 0.15) is 5.69 Å². The summed E-state index contributed by atoms with van der Waals surface area (Å²) in [4.78, 5) is 27.9. The van der Waals surface area contributed by atoms with Gasteiger partial charge in [-0.05, 0) is 30.1 Å². The lowest BCUT2D eigenvalue weighted by Crippen LogP contribution is -2.24. The molecule has 0 aliphatic rings. The van der Waals surface area contributed by atoms with Crippen LogP contribution in [0.3, 0.4) is 0 Å². The average molecular weight is 375 g/mol. The van der Waals surface area contributed by atoms with E-state index >= 15 is 0 Å². The molecule has 0 saturated heterocycles. The highest BCUT2D eigenvalue weighted by atomic mass is 19.1. The highest BCUT2D eigenvalue weighted by Gasteiger charge is 2.15. The first-order valence-electron chi connectivity index (χ1n) is 8.30. The van der Waals surface area contributed by atoms with E-state index in [-0.39, 0.29) is 37.5 Å². The van der Waals surface area contributed by atoms with Gasteiger partial charge in [-0.2, -0.15) is 5.10 Å². The monoisotopic (exact) mass is 375 g/mol. The second-order valence-electron chi connectivity index (χ2n) is 5.85. The van der Waals surface area contributed by atoms with E-state index in [2.05, 4.69) is 35.7 Å². The van der Waals surface area contributed by atoms with E-state index in [0.717, 1.165) is 5.56 Å². The molecule has 0 spiro atoms. The molecule has 0 atom stereocenters. The van der Waals surface area contributed by atoms with Gasteiger partial charge in [-0.25, -0.2) is 14.1 Å². The van der Waals surface area contributed by atoms with Crippen LogP contribution in [0.15, 0.2) is 23.1 Å². The third-order valence-corrected chi connectivity index (χ3v) is 3.75. The molecular weight excluding hydrogens is 357 g/mol. The number of hydrogen-bond acceptors (Lipinski definition) is 7. The Hall–Kier alpha value is -3.37. The maximum absolute atomic E-state index is 12.1. The molecule has 0 fully saturated rings. The van der Waals surface area contributed by atoms with Gasteiger partial charge in [0.2, 0.25) is 5.91 Å². The number of rotatable bonds is 8. The predicted octanol–water partition coefficient (Wildman–Crippen LogP) is 0.717. The van der Waals surface area contributed by atoms with E-state index in [1.54, 1.807) is 29.9 Å². The molecule has 2 N–H and O–H groups in total. The largest absolute Gasteiger partial charge is 0.352 e. The molecule has 0 saturated carbocycles. The summed E-state index contributed by atoms with van der Waals surface area (Å²) in [5.74, 6) is -0.618. The smallest absolute Gasteiger partial charge is 0.275 e. The van der Waals surface area contributed by atoms with Gasteiger partial charge in [-0.1, -0.05) is 5.16 Å². The number of aryl methyl sites for hydroxylation is 1. The minimum atomic E-state index is -0.513. The van der Waals surface area contributed by atoms with Crippen molar-refractivity contribution in [2.45, 2.75) is 32.9 Å². The summed E-state index contributed by atoms with van der Waals surface area (Å²) in [6.07, 6.45) is 3.66. The Labute approximate surface area is 153 Å². The fourth-order valence-corrected chi connectivity index (χ4v) is 2.36. The topological polar surface area (TPSA) is 127 Å². The minimum absolute atomic E-state index is 0.127. The summed E-state index contributed by atoms with van der Waals surface area (Å²) in [5.41, 5.74) is 2.48. The zero-order valence-corrected chi connectivity index (χ0v) is 14.6. The van der Waals surface area contributed by atoms with Gasteiger partial charge < -0.3 is 10.6 Å². The van der Waals surface area contributed by atoms with Crippen molar-refractivity contribution in [1.29, 1.82) is 0 Å². The average Bonchev–Trinajstić information content (AvgIpc) is 3.27. The van der Waals surface area contributed by atoms with Crippen LogP contribution in [-0.2, 0) is 17.9 Å². The van der Waals surface area contributed by atoms with E-state index in [4.69, 9.17) is 0 Å². The van der Waals surface area contributed by atoms with E-state index in [9.17, 15) is 14.0 Å². The summed E-state index contributed by atoms with van der Waals surface area (Å²) in [6.45, 7) is 1.58. The van der Waals surface area contributed by atoms with Crippen molar-refractivity contribution in [1.82, 2.24) is 35.5 Å². The van der Waals surface area contributed by atoms with Crippen LogP contribution in [0.5, 0.6) is 0 Å². The molecule has 0 aliphatic heterocycles. The zero-order valence-electron chi connectivity index (χ0n) is 14.6. The number of alkyl halides is 1. The molecule has 3 aromatic heterocycles. The van der Waals surface area contributed by atoms with Crippen molar-refractivity contribution in [3.05, 3.63) is 41.1 Å². The second kappa shape index (κ2) is 8.34. The first-order chi connectivity index (χ1) is 13.1. The number of nitrogens with one attached hydrogen (secondary N) is 2. The van der Waals surface area contributed by atoms with Crippen molar-refractivity contribution < 1.29 is 18.6 Å². The lowest BCUT2D eigenvalue weighted by molar-refractivity contribution is -0.121. The molecule has 3 aromatic rings. The van der Waals surface area contributed by atoms with Crippen LogP contribution in [-0.4, -0.2) is 43.4 Å². The maximum Gasteiger partial charge on any atom is 0.275 e. The number of amides is 2. The summed E-state index contributed by atoms with van der Waals surface area (Å²) >= 11 is 0. The van der Waals surface area contributed by atoms with Gasteiger partial charge in [-0.3, -0.25) is 14.0 Å². The Bertz CT molecular complexity index is 953. The summed E-state index contributed by atoms with van der Waals surface area (Å²) in [5, 5.41) is 16.7. The van der Waals surface area contributed by atoms with E-state index in [1.807, 2.05) is 0 Å². The van der Waals surface area contributed by atoms with Gasteiger partial charge in [0.05, 0.1) is 31.3 Å². The molecule has 3 heterocycles. The molecule has 0 radical (unpaired) electrons. The van der Waals surface area contributed by atoms with Gasteiger partial charge in [0, 0.05) is 13.0 Å².